The molecule has 1 aliphatic rings. The molecule has 0 aromatic carbocycles. The van der Waals surface area contributed by atoms with Gasteiger partial charge in [0, 0.05) is 18.8 Å². The van der Waals surface area contributed by atoms with Crippen LogP contribution in [-0.2, 0) is 14.8 Å². The van der Waals surface area contributed by atoms with E-state index in [0.29, 0.717) is 4.47 Å². The zero-order valence-electron chi connectivity index (χ0n) is 12.4. The molecule has 0 saturated carbocycles. The first kappa shape index (κ1) is 16.1. The van der Waals surface area contributed by atoms with E-state index in [2.05, 4.69) is 30.7 Å². The van der Waals surface area contributed by atoms with Gasteiger partial charge in [-0.15, -0.1) is 0 Å². The molecule has 1 N–H and O–H groups in total. The van der Waals surface area contributed by atoms with E-state index in [4.69, 9.17) is 0 Å². The summed E-state index contributed by atoms with van der Waals surface area (Å²) in [7, 11) is -4.01. The number of aryl methyl sites for hydroxylation is 1. The van der Waals surface area contributed by atoms with Crippen molar-refractivity contribution in [2.45, 2.75) is 31.1 Å². The second-order valence-electron chi connectivity index (χ2n) is 5.45. The quantitative estimate of drug-likeness (QED) is 0.794. The van der Waals surface area contributed by atoms with Crippen LogP contribution < -0.4 is 4.72 Å². The van der Waals surface area contributed by atoms with Gasteiger partial charge < -0.3 is 0 Å². The smallest absolute Gasteiger partial charge is 0.269 e. The molecule has 0 fully saturated rings. The summed E-state index contributed by atoms with van der Waals surface area (Å²) in [4.78, 5) is 16.1. The summed E-state index contributed by atoms with van der Waals surface area (Å²) in [6.45, 7) is 1.57. The van der Waals surface area contributed by atoms with Gasteiger partial charge in [-0.25, -0.2) is 22.6 Å². The van der Waals surface area contributed by atoms with E-state index >= 15 is 0 Å². The monoisotopic (exact) mass is 398 g/mol. The van der Waals surface area contributed by atoms with Gasteiger partial charge in [0.1, 0.15) is 0 Å². The van der Waals surface area contributed by atoms with Crippen molar-refractivity contribution in [1.82, 2.24) is 19.3 Å². The molecule has 2 heterocycles. The minimum atomic E-state index is -4.01. The van der Waals surface area contributed by atoms with Crippen molar-refractivity contribution in [2.24, 2.45) is 5.92 Å². The lowest BCUT2D eigenvalue weighted by Gasteiger charge is -2.09. The third-order valence-electron chi connectivity index (χ3n) is 3.64. The molecule has 23 heavy (non-hydrogen) atoms. The van der Waals surface area contributed by atoms with Crippen molar-refractivity contribution in [3.8, 4) is 0 Å². The first-order valence-corrected chi connectivity index (χ1v) is 9.37. The predicted octanol–water partition coefficient (Wildman–Crippen LogP) is 1.96. The predicted molar refractivity (Wildman–Crippen MR) is 87.2 cm³/mol. The fourth-order valence-corrected chi connectivity index (χ4v) is 4.26. The van der Waals surface area contributed by atoms with Crippen LogP contribution in [0.5, 0.6) is 0 Å². The second-order valence-corrected chi connectivity index (χ2v) is 7.99. The Morgan fingerprint density at radius 2 is 2.30 bits per heavy atom. The SMILES string of the molecule is Cc1nn2cc(Br)cnc2c1S(=O)(=O)NC(=O)CC1C=CCC1. The molecule has 1 unspecified atom stereocenters. The van der Waals surface area contributed by atoms with Crippen LogP contribution in [0.15, 0.2) is 33.9 Å². The minimum absolute atomic E-state index is 0.0692. The molecule has 3 rings (SSSR count). The highest BCUT2D eigenvalue weighted by Crippen LogP contribution is 2.23. The maximum absolute atomic E-state index is 12.5. The van der Waals surface area contributed by atoms with Gasteiger partial charge in [0.05, 0.1) is 10.2 Å². The summed E-state index contributed by atoms with van der Waals surface area (Å²) >= 11 is 3.26. The van der Waals surface area contributed by atoms with E-state index < -0.39 is 15.9 Å². The number of carbonyl (C=O) groups is 1. The van der Waals surface area contributed by atoms with E-state index in [0.717, 1.165) is 12.8 Å². The van der Waals surface area contributed by atoms with Crippen LogP contribution in [0.3, 0.4) is 0 Å². The third-order valence-corrected chi connectivity index (χ3v) is 5.56. The topological polar surface area (TPSA) is 93.4 Å². The maximum Gasteiger partial charge on any atom is 0.269 e. The van der Waals surface area contributed by atoms with Crippen molar-refractivity contribution in [3.05, 3.63) is 34.7 Å². The fourth-order valence-electron chi connectivity index (χ4n) is 2.66. The van der Waals surface area contributed by atoms with Gasteiger partial charge in [0.15, 0.2) is 10.5 Å². The Morgan fingerprint density at radius 1 is 1.52 bits per heavy atom. The van der Waals surface area contributed by atoms with E-state index in [1.165, 1.54) is 10.7 Å². The van der Waals surface area contributed by atoms with Crippen molar-refractivity contribution in [3.63, 3.8) is 0 Å². The average molecular weight is 399 g/mol. The first-order valence-electron chi connectivity index (χ1n) is 7.09. The van der Waals surface area contributed by atoms with Crippen LogP contribution in [0.1, 0.15) is 25.0 Å². The van der Waals surface area contributed by atoms with Crippen LogP contribution in [0.25, 0.3) is 5.65 Å². The lowest BCUT2D eigenvalue weighted by Crippen LogP contribution is -2.32. The van der Waals surface area contributed by atoms with Crippen molar-refractivity contribution < 1.29 is 13.2 Å². The van der Waals surface area contributed by atoms with E-state index in [1.54, 1.807) is 13.1 Å². The molecule has 0 radical (unpaired) electrons. The summed E-state index contributed by atoms with van der Waals surface area (Å²) in [6, 6.07) is 0. The van der Waals surface area contributed by atoms with Crippen LogP contribution >= 0.6 is 15.9 Å². The van der Waals surface area contributed by atoms with Gasteiger partial charge >= 0.3 is 0 Å². The van der Waals surface area contributed by atoms with Crippen LogP contribution in [0, 0.1) is 12.8 Å². The zero-order valence-corrected chi connectivity index (χ0v) is 14.8. The molecule has 0 aliphatic heterocycles. The summed E-state index contributed by atoms with van der Waals surface area (Å²) in [5.41, 5.74) is 0.475. The van der Waals surface area contributed by atoms with Gasteiger partial charge in [0.25, 0.3) is 10.0 Å². The zero-order chi connectivity index (χ0) is 16.6. The maximum atomic E-state index is 12.5. The normalized spacial score (nSPS) is 17.7. The number of rotatable bonds is 4. The fraction of sp³-hybridized carbons (Fsp3) is 0.357. The summed E-state index contributed by atoms with van der Waals surface area (Å²) in [5, 5.41) is 4.13. The Hall–Kier alpha value is -1.74. The van der Waals surface area contributed by atoms with Crippen LogP contribution in [0.4, 0.5) is 0 Å². The van der Waals surface area contributed by atoms with Gasteiger partial charge in [-0.05, 0) is 41.6 Å². The standard InChI is InChI=1S/C14H15BrN4O3S/c1-9-13(14-16-7-11(15)8-19(14)17-9)23(21,22)18-12(20)6-10-4-2-3-5-10/h2,4,7-8,10H,3,5-6H2,1H3,(H,18,20). The van der Waals surface area contributed by atoms with Crippen LogP contribution in [0.2, 0.25) is 0 Å². The van der Waals surface area contributed by atoms with Gasteiger partial charge in [-0.2, -0.15) is 5.10 Å². The van der Waals surface area contributed by atoms with Crippen molar-refractivity contribution >= 4 is 37.5 Å². The molecule has 122 valence electrons. The molecule has 7 nitrogen and oxygen atoms in total. The molecule has 9 heteroatoms. The number of fused-ring (bicyclic) bond motifs is 1. The van der Waals surface area contributed by atoms with Gasteiger partial charge in [0.2, 0.25) is 5.91 Å². The Morgan fingerprint density at radius 3 is 3.00 bits per heavy atom. The molecule has 0 saturated heterocycles. The second kappa shape index (κ2) is 6.04. The number of allylic oxidation sites excluding steroid dienone is 2. The number of nitrogens with zero attached hydrogens (tertiary/aromatic N) is 3. The summed E-state index contributed by atoms with van der Waals surface area (Å²) < 4.78 is 29.3. The first-order chi connectivity index (χ1) is 10.9. The van der Waals surface area contributed by atoms with E-state index in [1.807, 2.05) is 12.2 Å². The molecule has 1 amide bonds. The van der Waals surface area contributed by atoms with E-state index in [9.17, 15) is 13.2 Å². The lowest BCUT2D eigenvalue weighted by atomic mass is 10.1. The number of nitrogens with one attached hydrogen (secondary N) is 1. The summed E-state index contributed by atoms with van der Waals surface area (Å²) in [6.07, 6.45) is 9.01. The summed E-state index contributed by atoms with van der Waals surface area (Å²) in [5.74, 6) is -0.415. The number of amides is 1. The molecule has 0 spiro atoms. The Bertz CT molecular complexity index is 904. The van der Waals surface area contributed by atoms with Gasteiger partial charge in [-0.1, -0.05) is 12.2 Å². The highest BCUT2D eigenvalue weighted by molar-refractivity contribution is 9.10. The number of halogens is 1. The minimum Gasteiger partial charge on any atom is -0.274 e. The number of hydrogen-bond acceptors (Lipinski definition) is 5. The highest BCUT2D eigenvalue weighted by Gasteiger charge is 2.27. The highest BCUT2D eigenvalue weighted by atomic mass is 79.9. The molecule has 1 atom stereocenters. The number of aromatic nitrogens is 3. The van der Waals surface area contributed by atoms with Gasteiger partial charge in [-0.3, -0.25) is 4.79 Å². The average Bonchev–Trinajstić information content (AvgIpc) is 3.03. The largest absolute Gasteiger partial charge is 0.274 e. The molecule has 2 aromatic heterocycles. The molecule has 2 aromatic rings. The van der Waals surface area contributed by atoms with Crippen molar-refractivity contribution in [2.75, 3.05) is 0 Å². The molecule has 0 bridgehead atoms. The Balaban J connectivity index is 1.89. The Kier molecular flexibility index (Phi) is 4.24. The number of sulfonamides is 1. The lowest BCUT2D eigenvalue weighted by molar-refractivity contribution is -0.119. The van der Waals surface area contributed by atoms with E-state index in [-0.39, 0.29) is 28.6 Å². The number of carbonyl (C=O) groups excluding carboxylic acids is 1. The molecule has 1 aliphatic carbocycles. The molecular formula is C14H15BrN4O3S. The van der Waals surface area contributed by atoms with Crippen LogP contribution in [-0.4, -0.2) is 28.9 Å². The molecular weight excluding hydrogens is 384 g/mol. The number of hydrogen-bond donors (Lipinski definition) is 1. The third kappa shape index (κ3) is 3.30. The van der Waals surface area contributed by atoms with Crippen molar-refractivity contribution in [1.29, 1.82) is 0 Å². The Labute approximate surface area is 142 Å².